The number of hydrogen-bond acceptors (Lipinski definition) is 1. The van der Waals surface area contributed by atoms with Gasteiger partial charge in [0.1, 0.15) is 5.75 Å². The van der Waals surface area contributed by atoms with Gasteiger partial charge in [0.2, 0.25) is 0 Å². The molecule has 0 bridgehead atoms. The summed E-state index contributed by atoms with van der Waals surface area (Å²) in [4.78, 5) is 0. The third-order valence-corrected chi connectivity index (χ3v) is 3.77. The number of aryl methyl sites for hydroxylation is 1. The molecule has 0 aliphatic rings. The summed E-state index contributed by atoms with van der Waals surface area (Å²) in [6.45, 7) is 2.02. The van der Waals surface area contributed by atoms with Crippen LogP contribution in [0.2, 0.25) is 5.02 Å². The highest BCUT2D eigenvalue weighted by atomic mass is 35.5. The van der Waals surface area contributed by atoms with Crippen molar-refractivity contribution in [1.29, 1.82) is 0 Å². The van der Waals surface area contributed by atoms with E-state index in [0.29, 0.717) is 0 Å². The molecule has 2 aromatic rings. The fraction of sp³-hybridized carbons (Fsp3) is 0.250. The molecule has 0 N–H and O–H groups in total. The first-order valence-corrected chi connectivity index (χ1v) is 6.94. The highest BCUT2D eigenvalue weighted by Crippen LogP contribution is 2.29. The van der Waals surface area contributed by atoms with Crippen molar-refractivity contribution in [2.45, 2.75) is 18.7 Å². The quantitative estimate of drug-likeness (QED) is 0.706. The Morgan fingerprint density at radius 2 is 1.79 bits per heavy atom. The van der Waals surface area contributed by atoms with E-state index in [1.807, 2.05) is 43.3 Å². The van der Waals surface area contributed by atoms with Crippen LogP contribution >= 0.6 is 23.2 Å². The van der Waals surface area contributed by atoms with Gasteiger partial charge in [-0.15, -0.1) is 11.6 Å². The molecule has 0 saturated heterocycles. The number of benzene rings is 2. The molecule has 1 unspecified atom stereocenters. The van der Waals surface area contributed by atoms with E-state index in [2.05, 4.69) is 6.07 Å². The maximum absolute atomic E-state index is 6.47. The lowest BCUT2D eigenvalue weighted by Crippen LogP contribution is -1.97. The zero-order valence-electron chi connectivity index (χ0n) is 11.0. The van der Waals surface area contributed by atoms with Gasteiger partial charge in [0.15, 0.2) is 0 Å². The van der Waals surface area contributed by atoms with Crippen molar-refractivity contribution in [3.8, 4) is 5.75 Å². The summed E-state index contributed by atoms with van der Waals surface area (Å²) in [6.07, 6.45) is 0.782. The molecule has 19 heavy (non-hydrogen) atoms. The molecule has 1 nitrogen and oxygen atoms in total. The zero-order chi connectivity index (χ0) is 13.8. The first-order valence-electron chi connectivity index (χ1n) is 6.13. The Bertz CT molecular complexity index is 549. The van der Waals surface area contributed by atoms with Crippen LogP contribution in [0.25, 0.3) is 0 Å². The van der Waals surface area contributed by atoms with Crippen molar-refractivity contribution in [2.75, 3.05) is 7.11 Å². The number of methoxy groups -OCH3 is 1. The molecule has 1 atom stereocenters. The highest BCUT2D eigenvalue weighted by molar-refractivity contribution is 6.30. The summed E-state index contributed by atoms with van der Waals surface area (Å²) < 4.78 is 5.25. The smallest absolute Gasteiger partial charge is 0.121 e. The van der Waals surface area contributed by atoms with E-state index in [0.717, 1.165) is 28.3 Å². The van der Waals surface area contributed by atoms with Crippen molar-refractivity contribution in [2.24, 2.45) is 0 Å². The van der Waals surface area contributed by atoms with Gasteiger partial charge in [-0.05, 0) is 48.2 Å². The lowest BCUT2D eigenvalue weighted by molar-refractivity contribution is 0.411. The molecule has 0 aliphatic heterocycles. The molecule has 100 valence electrons. The van der Waals surface area contributed by atoms with Crippen molar-refractivity contribution in [3.63, 3.8) is 0 Å². The SMILES string of the molecule is COc1ccc(C(Cl)Cc2ccc(Cl)cc2)cc1C. The second-order valence-corrected chi connectivity index (χ2v) is 5.49. The topological polar surface area (TPSA) is 9.23 Å². The average Bonchev–Trinajstić information content (AvgIpc) is 2.41. The van der Waals surface area contributed by atoms with Crippen LogP contribution in [0.15, 0.2) is 42.5 Å². The standard InChI is InChI=1S/C16H16Cl2O/c1-11-9-13(5-8-16(11)19-2)15(18)10-12-3-6-14(17)7-4-12/h3-9,15H,10H2,1-2H3. The fourth-order valence-corrected chi connectivity index (χ4v) is 2.48. The number of ether oxygens (including phenoxy) is 1. The second kappa shape index (κ2) is 6.31. The van der Waals surface area contributed by atoms with Gasteiger partial charge >= 0.3 is 0 Å². The number of alkyl halides is 1. The van der Waals surface area contributed by atoms with Crippen LogP contribution in [-0.2, 0) is 6.42 Å². The minimum atomic E-state index is -0.0502. The summed E-state index contributed by atoms with van der Waals surface area (Å²) in [5.74, 6) is 0.888. The van der Waals surface area contributed by atoms with Gasteiger partial charge in [-0.3, -0.25) is 0 Å². The maximum Gasteiger partial charge on any atom is 0.121 e. The van der Waals surface area contributed by atoms with Gasteiger partial charge in [0.05, 0.1) is 12.5 Å². The minimum absolute atomic E-state index is 0.0502. The largest absolute Gasteiger partial charge is 0.496 e. The van der Waals surface area contributed by atoms with E-state index in [-0.39, 0.29) is 5.38 Å². The Balaban J connectivity index is 2.13. The Morgan fingerprint density at radius 3 is 2.37 bits per heavy atom. The minimum Gasteiger partial charge on any atom is -0.496 e. The van der Waals surface area contributed by atoms with E-state index < -0.39 is 0 Å². The van der Waals surface area contributed by atoms with Gasteiger partial charge in [-0.25, -0.2) is 0 Å². The lowest BCUT2D eigenvalue weighted by Gasteiger charge is -2.12. The first-order chi connectivity index (χ1) is 9.10. The number of halogens is 2. The molecule has 0 amide bonds. The monoisotopic (exact) mass is 294 g/mol. The van der Waals surface area contributed by atoms with Crippen molar-refractivity contribution < 1.29 is 4.74 Å². The van der Waals surface area contributed by atoms with E-state index in [1.54, 1.807) is 7.11 Å². The molecule has 0 aliphatic carbocycles. The molecule has 3 heteroatoms. The zero-order valence-corrected chi connectivity index (χ0v) is 12.5. The normalized spacial score (nSPS) is 12.2. The predicted octanol–water partition coefficient (Wildman–Crippen LogP) is 5.18. The average molecular weight is 295 g/mol. The molecule has 0 heterocycles. The van der Waals surface area contributed by atoms with Crippen LogP contribution < -0.4 is 4.74 Å². The summed E-state index contributed by atoms with van der Waals surface area (Å²) in [7, 11) is 1.67. The maximum atomic E-state index is 6.47. The van der Waals surface area contributed by atoms with Crippen LogP contribution in [-0.4, -0.2) is 7.11 Å². The molecule has 2 rings (SSSR count). The molecule has 0 spiro atoms. The van der Waals surface area contributed by atoms with Crippen LogP contribution in [0.5, 0.6) is 5.75 Å². The van der Waals surface area contributed by atoms with E-state index in [1.165, 1.54) is 5.56 Å². The first kappa shape index (κ1) is 14.2. The second-order valence-electron chi connectivity index (χ2n) is 4.53. The Labute approximate surface area is 124 Å². The predicted molar refractivity (Wildman–Crippen MR) is 81.5 cm³/mol. The van der Waals surface area contributed by atoms with Crippen LogP contribution in [0.4, 0.5) is 0 Å². The number of rotatable bonds is 4. The van der Waals surface area contributed by atoms with E-state index in [4.69, 9.17) is 27.9 Å². The molecular weight excluding hydrogens is 279 g/mol. The molecule has 2 aromatic carbocycles. The van der Waals surface area contributed by atoms with Gasteiger partial charge in [-0.2, -0.15) is 0 Å². The molecule has 0 aromatic heterocycles. The van der Waals surface area contributed by atoms with Crippen molar-refractivity contribution >= 4 is 23.2 Å². The van der Waals surface area contributed by atoms with Gasteiger partial charge in [-0.1, -0.05) is 35.9 Å². The molecule has 0 saturated carbocycles. The third kappa shape index (κ3) is 3.65. The summed E-state index contributed by atoms with van der Waals surface area (Å²) in [5, 5.41) is 0.695. The van der Waals surface area contributed by atoms with Crippen LogP contribution in [0.1, 0.15) is 22.1 Å². The Morgan fingerprint density at radius 1 is 1.11 bits per heavy atom. The third-order valence-electron chi connectivity index (χ3n) is 3.11. The molecular formula is C16H16Cl2O. The number of hydrogen-bond donors (Lipinski definition) is 0. The summed E-state index contributed by atoms with van der Waals surface area (Å²) >= 11 is 12.3. The highest BCUT2D eigenvalue weighted by Gasteiger charge is 2.10. The fourth-order valence-electron chi connectivity index (χ4n) is 2.04. The van der Waals surface area contributed by atoms with Crippen molar-refractivity contribution in [3.05, 3.63) is 64.2 Å². The van der Waals surface area contributed by atoms with Gasteiger partial charge in [0.25, 0.3) is 0 Å². The van der Waals surface area contributed by atoms with E-state index >= 15 is 0 Å². The lowest BCUT2D eigenvalue weighted by atomic mass is 10.0. The summed E-state index contributed by atoms with van der Waals surface area (Å²) in [5.41, 5.74) is 3.38. The van der Waals surface area contributed by atoms with Gasteiger partial charge in [0, 0.05) is 5.02 Å². The van der Waals surface area contributed by atoms with Crippen LogP contribution in [0, 0.1) is 6.92 Å². The van der Waals surface area contributed by atoms with Gasteiger partial charge < -0.3 is 4.74 Å². The van der Waals surface area contributed by atoms with Crippen molar-refractivity contribution in [1.82, 2.24) is 0 Å². The Hall–Kier alpha value is -1.18. The van der Waals surface area contributed by atoms with Crippen LogP contribution in [0.3, 0.4) is 0 Å². The molecule has 0 radical (unpaired) electrons. The van der Waals surface area contributed by atoms with E-state index in [9.17, 15) is 0 Å². The summed E-state index contributed by atoms with van der Waals surface area (Å²) in [6, 6.07) is 13.8. The Kier molecular flexibility index (Phi) is 4.73. The molecule has 0 fully saturated rings.